The van der Waals surface area contributed by atoms with Gasteiger partial charge in [-0.05, 0) is 38.8 Å². The van der Waals surface area contributed by atoms with Crippen LogP contribution in [-0.4, -0.2) is 153 Å². The zero-order chi connectivity index (χ0) is 27.1. The Morgan fingerprint density at radius 2 is 0.944 bits per heavy atom. The number of nitrogens with zero attached hydrogens (tertiary/aromatic N) is 4. The van der Waals surface area contributed by atoms with Crippen LogP contribution in [0.15, 0.2) is 0 Å². The lowest BCUT2D eigenvalue weighted by atomic mass is 10.1. The third kappa shape index (κ3) is 13.9. The highest BCUT2D eigenvalue weighted by molar-refractivity contribution is 5.75. The Morgan fingerprint density at radius 3 is 1.33 bits per heavy atom. The van der Waals surface area contributed by atoms with E-state index >= 15 is 0 Å². The predicted octanol–water partition coefficient (Wildman–Crippen LogP) is -1.05. The molecule has 1 aliphatic heterocycles. The summed E-state index contributed by atoms with van der Waals surface area (Å²) < 4.78 is 0. The van der Waals surface area contributed by atoms with Crippen molar-refractivity contribution in [1.29, 1.82) is 0 Å². The van der Waals surface area contributed by atoms with Crippen LogP contribution in [0.4, 0.5) is 0 Å². The highest BCUT2D eigenvalue weighted by Crippen LogP contribution is 2.11. The highest BCUT2D eigenvalue weighted by atomic mass is 16.4. The molecule has 1 atom stereocenters. The summed E-state index contributed by atoms with van der Waals surface area (Å²) in [4.78, 5) is 63.6. The van der Waals surface area contributed by atoms with Crippen molar-refractivity contribution in [3.05, 3.63) is 0 Å². The quantitative estimate of drug-likeness (QED) is 0.222. The van der Waals surface area contributed by atoms with Gasteiger partial charge in [-0.1, -0.05) is 0 Å². The molecule has 1 saturated heterocycles. The molecular formula is C22H38N4O10. The second-order valence-electron chi connectivity index (χ2n) is 8.89. The molecule has 0 bridgehead atoms. The summed E-state index contributed by atoms with van der Waals surface area (Å²) in [5.74, 6) is -5.36. The summed E-state index contributed by atoms with van der Waals surface area (Å²) in [7, 11) is 0. The number of carboxylic acids is 5. The van der Waals surface area contributed by atoms with Crippen LogP contribution in [0, 0.1) is 0 Å². The molecule has 0 aromatic rings. The molecule has 1 unspecified atom stereocenters. The van der Waals surface area contributed by atoms with Crippen molar-refractivity contribution in [1.82, 2.24) is 19.6 Å². The van der Waals surface area contributed by atoms with Crippen molar-refractivity contribution in [2.75, 3.05) is 72.0 Å². The molecule has 0 aromatic heterocycles. The van der Waals surface area contributed by atoms with Crippen LogP contribution < -0.4 is 0 Å². The van der Waals surface area contributed by atoms with Gasteiger partial charge in [0.1, 0.15) is 6.04 Å². The molecule has 1 heterocycles. The molecule has 14 heteroatoms. The summed E-state index contributed by atoms with van der Waals surface area (Å²) in [6.07, 6.45) is 1.12. The molecule has 5 N–H and O–H groups in total. The molecule has 0 spiro atoms. The molecule has 0 aromatic carbocycles. The fraction of sp³-hybridized carbons (Fsp3) is 0.773. The molecular weight excluding hydrogens is 480 g/mol. The average Bonchev–Trinajstić information content (AvgIpc) is 2.75. The SMILES string of the molecule is O=C(O)CCC(C(=O)O)N1CCCN(CC(=O)O)CCN(CC(=O)O)CCCCN(CC(=O)O)CC1. The van der Waals surface area contributed by atoms with Crippen LogP contribution in [0.3, 0.4) is 0 Å². The van der Waals surface area contributed by atoms with Gasteiger partial charge in [-0.3, -0.25) is 43.6 Å². The summed E-state index contributed by atoms with van der Waals surface area (Å²) in [6.45, 7) is 1.83. The summed E-state index contributed by atoms with van der Waals surface area (Å²) >= 11 is 0. The summed E-state index contributed by atoms with van der Waals surface area (Å²) in [6, 6.07) is -1.08. The zero-order valence-electron chi connectivity index (χ0n) is 20.5. The molecule has 1 aliphatic rings. The van der Waals surface area contributed by atoms with Gasteiger partial charge in [-0.15, -0.1) is 0 Å². The van der Waals surface area contributed by atoms with Gasteiger partial charge < -0.3 is 25.5 Å². The number of hydrogen-bond donors (Lipinski definition) is 5. The lowest BCUT2D eigenvalue weighted by molar-refractivity contribution is -0.145. The molecule has 206 valence electrons. The Kier molecular flexibility index (Phi) is 14.6. The van der Waals surface area contributed by atoms with E-state index in [-0.39, 0.29) is 52.1 Å². The van der Waals surface area contributed by atoms with E-state index in [4.69, 9.17) is 5.11 Å². The van der Waals surface area contributed by atoms with Gasteiger partial charge in [0.05, 0.1) is 19.6 Å². The monoisotopic (exact) mass is 518 g/mol. The van der Waals surface area contributed by atoms with Crippen molar-refractivity contribution in [2.45, 2.75) is 38.1 Å². The van der Waals surface area contributed by atoms with Crippen LogP contribution >= 0.6 is 0 Å². The molecule has 1 fully saturated rings. The first kappa shape index (κ1) is 31.2. The fourth-order valence-corrected chi connectivity index (χ4v) is 4.25. The molecule has 0 aliphatic carbocycles. The van der Waals surface area contributed by atoms with E-state index in [2.05, 4.69) is 0 Å². The van der Waals surface area contributed by atoms with Crippen LogP contribution in [0.25, 0.3) is 0 Å². The van der Waals surface area contributed by atoms with E-state index in [9.17, 15) is 44.4 Å². The Balaban J connectivity index is 3.09. The zero-order valence-corrected chi connectivity index (χ0v) is 20.5. The van der Waals surface area contributed by atoms with Gasteiger partial charge >= 0.3 is 29.8 Å². The largest absolute Gasteiger partial charge is 0.481 e. The van der Waals surface area contributed by atoms with E-state index < -0.39 is 35.9 Å². The number of hydrogen-bond acceptors (Lipinski definition) is 9. The Morgan fingerprint density at radius 1 is 0.528 bits per heavy atom. The van der Waals surface area contributed by atoms with Crippen molar-refractivity contribution in [3.8, 4) is 0 Å². The number of carbonyl (C=O) groups is 5. The van der Waals surface area contributed by atoms with E-state index in [1.165, 1.54) is 0 Å². The minimum Gasteiger partial charge on any atom is -0.481 e. The predicted molar refractivity (Wildman–Crippen MR) is 126 cm³/mol. The van der Waals surface area contributed by atoms with E-state index in [0.717, 1.165) is 0 Å². The van der Waals surface area contributed by atoms with Crippen molar-refractivity contribution < 1.29 is 49.5 Å². The summed E-state index contributed by atoms with van der Waals surface area (Å²) in [5.41, 5.74) is 0. The van der Waals surface area contributed by atoms with Gasteiger partial charge in [-0.2, -0.15) is 0 Å². The Hall–Kier alpha value is -2.81. The third-order valence-corrected chi connectivity index (χ3v) is 5.99. The minimum atomic E-state index is -1.18. The van der Waals surface area contributed by atoms with E-state index in [1.54, 1.807) is 19.6 Å². The lowest BCUT2D eigenvalue weighted by Crippen LogP contribution is -2.47. The first-order chi connectivity index (χ1) is 17.0. The van der Waals surface area contributed by atoms with Gasteiger partial charge in [0.15, 0.2) is 0 Å². The smallest absolute Gasteiger partial charge is 0.320 e. The van der Waals surface area contributed by atoms with Crippen LogP contribution in [0.1, 0.15) is 32.1 Å². The normalized spacial score (nSPS) is 19.6. The number of rotatable bonds is 11. The van der Waals surface area contributed by atoms with Crippen molar-refractivity contribution in [2.24, 2.45) is 0 Å². The van der Waals surface area contributed by atoms with Crippen LogP contribution in [-0.2, 0) is 24.0 Å². The second kappa shape index (κ2) is 16.8. The van der Waals surface area contributed by atoms with Gasteiger partial charge in [0.25, 0.3) is 0 Å². The number of aliphatic carboxylic acids is 5. The Labute approximate surface area is 209 Å². The minimum absolute atomic E-state index is 0.118. The number of carboxylic acid groups (broad SMARTS) is 5. The molecule has 0 radical (unpaired) electrons. The first-order valence-electron chi connectivity index (χ1n) is 12.0. The molecule has 1 rings (SSSR count). The average molecular weight is 519 g/mol. The molecule has 0 amide bonds. The highest BCUT2D eigenvalue weighted by Gasteiger charge is 2.27. The maximum absolute atomic E-state index is 11.9. The van der Waals surface area contributed by atoms with Crippen molar-refractivity contribution >= 4 is 29.8 Å². The van der Waals surface area contributed by atoms with E-state index in [0.29, 0.717) is 52.0 Å². The summed E-state index contributed by atoms with van der Waals surface area (Å²) in [5, 5.41) is 46.5. The lowest BCUT2D eigenvalue weighted by Gasteiger charge is -2.32. The molecule has 36 heavy (non-hydrogen) atoms. The fourth-order valence-electron chi connectivity index (χ4n) is 4.25. The van der Waals surface area contributed by atoms with Gasteiger partial charge in [-0.25, -0.2) is 0 Å². The molecule has 14 nitrogen and oxygen atoms in total. The second-order valence-corrected chi connectivity index (χ2v) is 8.89. The van der Waals surface area contributed by atoms with Crippen LogP contribution in [0.5, 0.6) is 0 Å². The molecule has 0 saturated carbocycles. The van der Waals surface area contributed by atoms with E-state index in [1.807, 2.05) is 0 Å². The van der Waals surface area contributed by atoms with Crippen molar-refractivity contribution in [3.63, 3.8) is 0 Å². The first-order valence-corrected chi connectivity index (χ1v) is 12.0. The van der Waals surface area contributed by atoms with Gasteiger partial charge in [0.2, 0.25) is 0 Å². The standard InChI is InChI=1S/C22H38N4O10/c27-18(28)5-4-17(22(35)36)26-9-3-8-25(16-21(33)34)11-10-23(14-19(29)30)6-1-2-7-24(12-13-26)15-20(31)32/h17H,1-16H2,(H,27,28)(H,29,30)(H,31,32)(H,33,34)(H,35,36). The third-order valence-electron chi connectivity index (χ3n) is 5.99. The maximum Gasteiger partial charge on any atom is 0.320 e. The van der Waals surface area contributed by atoms with Crippen LogP contribution in [0.2, 0.25) is 0 Å². The topological polar surface area (TPSA) is 199 Å². The Bertz CT molecular complexity index is 750. The van der Waals surface area contributed by atoms with Gasteiger partial charge in [0, 0.05) is 45.7 Å². The maximum atomic E-state index is 11.9.